The first kappa shape index (κ1) is 21.2. The van der Waals surface area contributed by atoms with Gasteiger partial charge in [-0.3, -0.25) is 4.79 Å². The number of esters is 1. The van der Waals surface area contributed by atoms with Gasteiger partial charge in [-0.15, -0.1) is 0 Å². The second kappa shape index (κ2) is 7.64. The first-order chi connectivity index (χ1) is 8.40. The van der Waals surface area contributed by atoms with E-state index in [1.165, 1.54) is 0 Å². The molecule has 0 rings (SSSR count). The summed E-state index contributed by atoms with van der Waals surface area (Å²) in [4.78, 5) is 32.9. The molecule has 0 aromatic heterocycles. The molecule has 0 bridgehead atoms. The van der Waals surface area contributed by atoms with E-state index in [9.17, 15) is 19.5 Å². The summed E-state index contributed by atoms with van der Waals surface area (Å²) in [6.07, 6.45) is -1.03. The Balaban J connectivity index is -0.00000162. The van der Waals surface area contributed by atoms with Crippen LogP contribution in [-0.4, -0.2) is 50.5 Å². The van der Waals surface area contributed by atoms with Crippen LogP contribution < -0.4 is 24.6 Å². The van der Waals surface area contributed by atoms with Crippen LogP contribution in [0.5, 0.6) is 0 Å². The number of carboxylic acid groups (broad SMARTS) is 2. The molecule has 0 aromatic rings. The summed E-state index contributed by atoms with van der Waals surface area (Å²) < 4.78 is 4.95. The van der Waals surface area contributed by atoms with E-state index in [1.807, 2.05) is 0 Å². The molecule has 20 heavy (non-hydrogen) atoms. The molecule has 0 saturated heterocycles. The topological polar surface area (TPSA) is 147 Å². The predicted molar refractivity (Wildman–Crippen MR) is 64.4 cm³/mol. The molecule has 0 aliphatic carbocycles. The average molecular weight is 285 g/mol. The summed E-state index contributed by atoms with van der Waals surface area (Å²) in [5.74, 6) is -4.60. The maximum atomic E-state index is 11.5. The third kappa shape index (κ3) is 6.39. The summed E-state index contributed by atoms with van der Waals surface area (Å²) in [6, 6.07) is -1.20. The van der Waals surface area contributed by atoms with Crippen molar-refractivity contribution in [2.24, 2.45) is 5.73 Å². The molecule has 0 saturated carbocycles. The summed E-state index contributed by atoms with van der Waals surface area (Å²) >= 11 is 0. The molecule has 0 aromatic carbocycles. The number of carbonyl (C=O) groups is 3. The van der Waals surface area contributed by atoms with Crippen molar-refractivity contribution < 1.29 is 54.7 Å². The number of rotatable bonds is 6. The number of aliphatic carboxylic acids is 2. The molecule has 1 atom stereocenters. The molecule has 0 radical (unpaired) electrons. The fraction of sp³-hybridized carbons (Fsp3) is 0.727. The van der Waals surface area contributed by atoms with Crippen LogP contribution in [0.1, 0.15) is 35.0 Å². The second-order valence-corrected chi connectivity index (χ2v) is 5.15. The van der Waals surface area contributed by atoms with Gasteiger partial charge in [0.2, 0.25) is 0 Å². The van der Waals surface area contributed by atoms with Crippen LogP contribution in [0.3, 0.4) is 0 Å². The first-order valence-electron chi connectivity index (χ1n) is 5.58. The van der Waals surface area contributed by atoms with Crippen LogP contribution in [0.15, 0.2) is 0 Å². The van der Waals surface area contributed by atoms with Gasteiger partial charge in [-0.05, 0) is 27.2 Å². The van der Waals surface area contributed by atoms with Crippen molar-refractivity contribution in [1.82, 2.24) is 0 Å². The maximum Gasteiger partial charge on any atom is 1.00 e. The van der Waals surface area contributed by atoms with Crippen molar-refractivity contribution in [2.45, 2.75) is 50.9 Å². The zero-order valence-electron chi connectivity index (χ0n) is 13.0. The van der Waals surface area contributed by atoms with Crippen molar-refractivity contribution in [3.05, 3.63) is 0 Å². The van der Waals surface area contributed by atoms with E-state index in [0.29, 0.717) is 0 Å². The standard InChI is InChI=1S/C11H19NO7.Li.H/c1-10(2,3)19-7(13)6(12)4-5-11(18,8(14)15)9(16)17;;/h6,18H,4-5,12H2,1-3H3,(H,14,15)(H,16,17);;/q;+1;-1. The van der Waals surface area contributed by atoms with Gasteiger partial charge >= 0.3 is 36.8 Å². The Kier molecular flexibility index (Phi) is 8.11. The maximum absolute atomic E-state index is 11.5. The molecule has 8 nitrogen and oxygen atoms in total. The van der Waals surface area contributed by atoms with Gasteiger partial charge in [-0.25, -0.2) is 9.59 Å². The van der Waals surface area contributed by atoms with Crippen molar-refractivity contribution in [3.63, 3.8) is 0 Å². The van der Waals surface area contributed by atoms with E-state index in [4.69, 9.17) is 20.7 Å². The number of aliphatic hydroxyl groups is 1. The number of carboxylic acids is 2. The molecule has 112 valence electrons. The van der Waals surface area contributed by atoms with Gasteiger partial charge in [0.1, 0.15) is 11.6 Å². The second-order valence-electron chi connectivity index (χ2n) is 5.15. The third-order valence-corrected chi connectivity index (χ3v) is 2.23. The Morgan fingerprint density at radius 3 is 1.90 bits per heavy atom. The van der Waals surface area contributed by atoms with Gasteiger partial charge in [-0.1, -0.05) is 0 Å². The van der Waals surface area contributed by atoms with E-state index in [0.717, 1.165) is 0 Å². The van der Waals surface area contributed by atoms with Gasteiger partial charge in [0, 0.05) is 6.42 Å². The van der Waals surface area contributed by atoms with Crippen molar-refractivity contribution in [1.29, 1.82) is 0 Å². The Hall–Kier alpha value is -1.07. The van der Waals surface area contributed by atoms with Gasteiger partial charge in [-0.2, -0.15) is 0 Å². The van der Waals surface area contributed by atoms with Crippen molar-refractivity contribution >= 4 is 17.9 Å². The normalized spacial score (nSPS) is 13.1. The number of carbonyl (C=O) groups excluding carboxylic acids is 1. The minimum Gasteiger partial charge on any atom is -1.00 e. The van der Waals surface area contributed by atoms with Crippen LogP contribution in [0.2, 0.25) is 0 Å². The van der Waals surface area contributed by atoms with E-state index < -0.39 is 41.6 Å². The Labute approximate surface area is 129 Å². The molecule has 9 heteroatoms. The quantitative estimate of drug-likeness (QED) is 0.223. The molecular weight excluding hydrogens is 265 g/mol. The van der Waals surface area contributed by atoms with E-state index >= 15 is 0 Å². The Bertz CT molecular complexity index is 369. The smallest absolute Gasteiger partial charge is 1.00 e. The minimum atomic E-state index is -2.96. The van der Waals surface area contributed by atoms with Crippen LogP contribution >= 0.6 is 0 Å². The number of hydrogen-bond donors (Lipinski definition) is 4. The SMILES string of the molecule is CC(C)(C)OC(=O)C(N)CCC(O)(C(=O)O)C(=O)O.[H-].[Li+]. The molecular formula is C11H20LiNO7. The molecule has 0 fully saturated rings. The fourth-order valence-electron chi connectivity index (χ4n) is 1.17. The third-order valence-electron chi connectivity index (χ3n) is 2.23. The largest absolute Gasteiger partial charge is 1.00 e. The van der Waals surface area contributed by atoms with E-state index in [-0.39, 0.29) is 26.7 Å². The molecule has 1 unspecified atom stereocenters. The average Bonchev–Trinajstić information content (AvgIpc) is 2.22. The van der Waals surface area contributed by atoms with Gasteiger partial charge < -0.3 is 27.2 Å². The monoisotopic (exact) mass is 285 g/mol. The number of hydrogen-bond acceptors (Lipinski definition) is 6. The minimum absolute atomic E-state index is 0. The fourth-order valence-corrected chi connectivity index (χ4v) is 1.17. The van der Waals surface area contributed by atoms with Crippen LogP contribution in [-0.2, 0) is 19.1 Å². The molecule has 0 aliphatic rings. The van der Waals surface area contributed by atoms with Gasteiger partial charge in [0.25, 0.3) is 5.60 Å². The van der Waals surface area contributed by atoms with Crippen LogP contribution in [0, 0.1) is 0 Å². The first-order valence-corrected chi connectivity index (χ1v) is 5.58. The summed E-state index contributed by atoms with van der Waals surface area (Å²) in [6.45, 7) is 4.88. The number of ether oxygens (including phenoxy) is 1. The van der Waals surface area contributed by atoms with Crippen LogP contribution in [0.4, 0.5) is 0 Å². The Morgan fingerprint density at radius 2 is 1.60 bits per heavy atom. The summed E-state index contributed by atoms with van der Waals surface area (Å²) in [7, 11) is 0. The zero-order valence-corrected chi connectivity index (χ0v) is 12.0. The van der Waals surface area contributed by atoms with Crippen molar-refractivity contribution in [3.8, 4) is 0 Å². The van der Waals surface area contributed by atoms with Gasteiger partial charge in [0.15, 0.2) is 0 Å². The predicted octanol–water partition coefficient (Wildman–Crippen LogP) is -3.55. The van der Waals surface area contributed by atoms with E-state index in [1.54, 1.807) is 20.8 Å². The summed E-state index contributed by atoms with van der Waals surface area (Å²) in [5.41, 5.74) is 1.74. The Morgan fingerprint density at radius 1 is 1.20 bits per heavy atom. The molecule has 0 amide bonds. The molecule has 0 aliphatic heterocycles. The van der Waals surface area contributed by atoms with Crippen molar-refractivity contribution in [2.75, 3.05) is 0 Å². The van der Waals surface area contributed by atoms with E-state index in [2.05, 4.69) is 0 Å². The molecule has 5 N–H and O–H groups in total. The molecule has 0 spiro atoms. The van der Waals surface area contributed by atoms with Gasteiger partial charge in [0.05, 0.1) is 0 Å². The molecule has 0 heterocycles. The number of nitrogens with two attached hydrogens (primary N) is 1. The summed E-state index contributed by atoms with van der Waals surface area (Å²) in [5, 5.41) is 26.7. The zero-order chi connectivity index (χ0) is 15.4. The van der Waals surface area contributed by atoms with Crippen LogP contribution in [0.25, 0.3) is 0 Å².